The summed E-state index contributed by atoms with van der Waals surface area (Å²) >= 11 is 0. The lowest BCUT2D eigenvalue weighted by Crippen LogP contribution is -2.48. The SMILES string of the molecule is CCc1cccc(CN2CCN(CC(=O)N(C)C)CC2)c1. The molecule has 0 radical (unpaired) electrons. The van der Waals surface area contributed by atoms with Gasteiger partial charge in [-0.1, -0.05) is 31.2 Å². The predicted molar refractivity (Wildman–Crippen MR) is 86.2 cm³/mol. The first-order chi connectivity index (χ1) is 10.1. The second-order valence-electron chi connectivity index (χ2n) is 6.01. The van der Waals surface area contributed by atoms with E-state index in [4.69, 9.17) is 0 Å². The van der Waals surface area contributed by atoms with Gasteiger partial charge in [0.2, 0.25) is 5.91 Å². The third-order valence-corrected chi connectivity index (χ3v) is 4.13. The van der Waals surface area contributed by atoms with E-state index in [0.717, 1.165) is 39.1 Å². The van der Waals surface area contributed by atoms with Crippen molar-refractivity contribution in [1.82, 2.24) is 14.7 Å². The van der Waals surface area contributed by atoms with Crippen LogP contribution in [0.2, 0.25) is 0 Å². The molecule has 1 aliphatic heterocycles. The Morgan fingerprint density at radius 1 is 1.10 bits per heavy atom. The number of hydrogen-bond acceptors (Lipinski definition) is 3. The highest BCUT2D eigenvalue weighted by Crippen LogP contribution is 2.11. The first kappa shape index (κ1) is 16.0. The molecule has 0 aromatic heterocycles. The Kier molecular flexibility index (Phi) is 5.76. The minimum absolute atomic E-state index is 0.194. The number of amides is 1. The van der Waals surface area contributed by atoms with Gasteiger partial charge < -0.3 is 4.90 Å². The van der Waals surface area contributed by atoms with E-state index in [1.807, 2.05) is 14.1 Å². The van der Waals surface area contributed by atoms with E-state index in [1.54, 1.807) is 4.90 Å². The lowest BCUT2D eigenvalue weighted by atomic mass is 10.1. The van der Waals surface area contributed by atoms with Crippen molar-refractivity contribution in [1.29, 1.82) is 0 Å². The number of rotatable bonds is 5. The number of aryl methyl sites for hydroxylation is 1. The maximum Gasteiger partial charge on any atom is 0.236 e. The average molecular weight is 289 g/mol. The van der Waals surface area contributed by atoms with Crippen molar-refractivity contribution < 1.29 is 4.79 Å². The van der Waals surface area contributed by atoms with Crippen LogP contribution in [0.25, 0.3) is 0 Å². The molecule has 1 aliphatic rings. The molecule has 1 saturated heterocycles. The van der Waals surface area contributed by atoms with Gasteiger partial charge in [0.05, 0.1) is 6.54 Å². The highest BCUT2D eigenvalue weighted by Gasteiger charge is 2.19. The zero-order valence-electron chi connectivity index (χ0n) is 13.5. The molecule has 1 heterocycles. The summed E-state index contributed by atoms with van der Waals surface area (Å²) < 4.78 is 0. The van der Waals surface area contributed by atoms with Gasteiger partial charge in [-0.3, -0.25) is 14.6 Å². The number of carbonyl (C=O) groups is 1. The van der Waals surface area contributed by atoms with E-state index in [-0.39, 0.29) is 5.91 Å². The molecule has 0 unspecified atom stereocenters. The van der Waals surface area contributed by atoms with Gasteiger partial charge in [0.25, 0.3) is 0 Å². The molecule has 116 valence electrons. The largest absolute Gasteiger partial charge is 0.348 e. The topological polar surface area (TPSA) is 26.8 Å². The standard InChI is InChI=1S/C17H27N3O/c1-4-15-6-5-7-16(12-15)13-19-8-10-20(11-9-19)14-17(21)18(2)3/h5-7,12H,4,8-11,13-14H2,1-3H3. The van der Waals surface area contributed by atoms with Gasteiger partial charge in [-0.25, -0.2) is 0 Å². The molecule has 21 heavy (non-hydrogen) atoms. The van der Waals surface area contributed by atoms with Crippen molar-refractivity contribution in [2.24, 2.45) is 0 Å². The average Bonchev–Trinajstić information content (AvgIpc) is 2.49. The van der Waals surface area contributed by atoms with E-state index in [2.05, 4.69) is 41.0 Å². The van der Waals surface area contributed by atoms with E-state index in [0.29, 0.717) is 6.54 Å². The summed E-state index contributed by atoms with van der Waals surface area (Å²) in [6.45, 7) is 7.79. The minimum atomic E-state index is 0.194. The molecule has 0 aliphatic carbocycles. The van der Waals surface area contributed by atoms with Crippen molar-refractivity contribution in [2.45, 2.75) is 19.9 Å². The highest BCUT2D eigenvalue weighted by molar-refractivity contribution is 5.77. The second kappa shape index (κ2) is 7.57. The number of likely N-dealkylation sites (N-methyl/N-ethyl adjacent to an activating group) is 1. The molecule has 0 atom stereocenters. The fourth-order valence-corrected chi connectivity index (χ4v) is 2.64. The van der Waals surface area contributed by atoms with E-state index in [9.17, 15) is 4.79 Å². The summed E-state index contributed by atoms with van der Waals surface area (Å²) in [7, 11) is 3.64. The second-order valence-corrected chi connectivity index (χ2v) is 6.01. The van der Waals surface area contributed by atoms with Crippen LogP contribution in [0, 0.1) is 0 Å². The lowest BCUT2D eigenvalue weighted by Gasteiger charge is -2.34. The van der Waals surface area contributed by atoms with Gasteiger partial charge in [0.15, 0.2) is 0 Å². The molecule has 4 heteroatoms. The van der Waals surface area contributed by atoms with Crippen LogP contribution >= 0.6 is 0 Å². The smallest absolute Gasteiger partial charge is 0.236 e. The Morgan fingerprint density at radius 3 is 2.33 bits per heavy atom. The van der Waals surface area contributed by atoms with Crippen LogP contribution in [-0.4, -0.2) is 67.4 Å². The molecule has 1 aromatic carbocycles. The predicted octanol–water partition coefficient (Wildman–Crippen LogP) is 1.45. The van der Waals surface area contributed by atoms with Gasteiger partial charge in [0, 0.05) is 46.8 Å². The lowest BCUT2D eigenvalue weighted by molar-refractivity contribution is -0.130. The Bertz CT molecular complexity index is 465. The zero-order valence-corrected chi connectivity index (χ0v) is 13.5. The van der Waals surface area contributed by atoms with Gasteiger partial charge in [-0.15, -0.1) is 0 Å². The van der Waals surface area contributed by atoms with E-state index >= 15 is 0 Å². The van der Waals surface area contributed by atoms with Crippen LogP contribution in [0.3, 0.4) is 0 Å². The Hall–Kier alpha value is -1.39. The molecular weight excluding hydrogens is 262 g/mol. The quantitative estimate of drug-likeness (QED) is 0.821. The van der Waals surface area contributed by atoms with Crippen LogP contribution in [-0.2, 0) is 17.8 Å². The van der Waals surface area contributed by atoms with Crippen molar-refractivity contribution in [3.8, 4) is 0 Å². The summed E-state index contributed by atoms with van der Waals surface area (Å²) in [6, 6.07) is 8.86. The molecule has 0 N–H and O–H groups in total. The van der Waals surface area contributed by atoms with Crippen molar-refractivity contribution in [3.63, 3.8) is 0 Å². The highest BCUT2D eigenvalue weighted by atomic mass is 16.2. The number of piperazine rings is 1. The minimum Gasteiger partial charge on any atom is -0.348 e. The number of nitrogens with zero attached hydrogens (tertiary/aromatic N) is 3. The van der Waals surface area contributed by atoms with E-state index < -0.39 is 0 Å². The van der Waals surface area contributed by atoms with Crippen LogP contribution < -0.4 is 0 Å². The van der Waals surface area contributed by atoms with Crippen molar-refractivity contribution in [3.05, 3.63) is 35.4 Å². The molecule has 1 amide bonds. The fraction of sp³-hybridized carbons (Fsp3) is 0.588. The summed E-state index contributed by atoms with van der Waals surface area (Å²) in [5.41, 5.74) is 2.80. The van der Waals surface area contributed by atoms with Gasteiger partial charge in [-0.05, 0) is 17.5 Å². The van der Waals surface area contributed by atoms with Crippen molar-refractivity contribution >= 4 is 5.91 Å². The summed E-state index contributed by atoms with van der Waals surface area (Å²) in [4.78, 5) is 18.1. The van der Waals surface area contributed by atoms with Crippen LogP contribution in [0.5, 0.6) is 0 Å². The number of benzene rings is 1. The molecule has 0 saturated carbocycles. The third-order valence-electron chi connectivity index (χ3n) is 4.13. The Balaban J connectivity index is 1.80. The first-order valence-corrected chi connectivity index (χ1v) is 7.81. The molecule has 1 aromatic rings. The van der Waals surface area contributed by atoms with Gasteiger partial charge in [0.1, 0.15) is 0 Å². The summed E-state index contributed by atoms with van der Waals surface area (Å²) in [6.07, 6.45) is 1.09. The molecular formula is C17H27N3O. The van der Waals surface area contributed by atoms with Gasteiger partial charge in [-0.2, -0.15) is 0 Å². The van der Waals surface area contributed by atoms with Crippen molar-refractivity contribution in [2.75, 3.05) is 46.8 Å². The summed E-state index contributed by atoms with van der Waals surface area (Å²) in [5.74, 6) is 0.194. The molecule has 0 spiro atoms. The maximum atomic E-state index is 11.7. The zero-order chi connectivity index (χ0) is 15.2. The molecule has 4 nitrogen and oxygen atoms in total. The number of hydrogen-bond donors (Lipinski definition) is 0. The van der Waals surface area contributed by atoms with E-state index in [1.165, 1.54) is 11.1 Å². The maximum absolute atomic E-state index is 11.7. The molecule has 1 fully saturated rings. The van der Waals surface area contributed by atoms with Crippen LogP contribution in [0.4, 0.5) is 0 Å². The van der Waals surface area contributed by atoms with Gasteiger partial charge >= 0.3 is 0 Å². The van der Waals surface area contributed by atoms with Crippen LogP contribution in [0.1, 0.15) is 18.1 Å². The Labute approximate surface area is 128 Å². The Morgan fingerprint density at radius 2 is 1.71 bits per heavy atom. The third kappa shape index (κ3) is 4.83. The molecule has 0 bridgehead atoms. The first-order valence-electron chi connectivity index (χ1n) is 7.81. The normalized spacial score (nSPS) is 16.9. The molecule has 2 rings (SSSR count). The summed E-state index contributed by atoms with van der Waals surface area (Å²) in [5, 5.41) is 0. The monoisotopic (exact) mass is 289 g/mol. The fourth-order valence-electron chi connectivity index (χ4n) is 2.64. The number of carbonyl (C=O) groups excluding carboxylic acids is 1. The van der Waals surface area contributed by atoms with Crippen LogP contribution in [0.15, 0.2) is 24.3 Å².